The van der Waals surface area contributed by atoms with Crippen molar-refractivity contribution in [1.29, 1.82) is 0 Å². The molecule has 102 valence electrons. The topological polar surface area (TPSA) is 0 Å². The van der Waals surface area contributed by atoms with Crippen LogP contribution in [0.3, 0.4) is 0 Å². The van der Waals surface area contributed by atoms with Gasteiger partial charge in [-0.3, -0.25) is 0 Å². The highest BCUT2D eigenvalue weighted by molar-refractivity contribution is 5.85. The van der Waals surface area contributed by atoms with Crippen LogP contribution in [0, 0.1) is 12.3 Å². The number of hydrogen-bond donors (Lipinski definition) is 0. The summed E-state index contributed by atoms with van der Waals surface area (Å²) in [6.45, 7) is 4.40. The van der Waals surface area contributed by atoms with Crippen molar-refractivity contribution in [2.75, 3.05) is 19.6 Å². The first-order valence-electron chi connectivity index (χ1n) is 7.58. The third kappa shape index (κ3) is 2.57. The minimum atomic E-state index is 0.864. The zero-order valence-corrected chi connectivity index (χ0v) is 12.0. The first-order valence-corrected chi connectivity index (χ1v) is 7.58. The van der Waals surface area contributed by atoms with Crippen molar-refractivity contribution in [3.63, 3.8) is 0 Å². The maximum atomic E-state index is 5.65. The molecule has 0 aromatic heterocycles. The molecule has 0 atom stereocenters. The van der Waals surface area contributed by atoms with E-state index in [1.165, 1.54) is 48.7 Å². The van der Waals surface area contributed by atoms with E-state index in [-0.39, 0.29) is 0 Å². The lowest BCUT2D eigenvalue weighted by Crippen LogP contribution is -2.50. The lowest BCUT2D eigenvalue weighted by molar-refractivity contribution is -0.938. The highest BCUT2D eigenvalue weighted by Gasteiger charge is 2.29. The van der Waals surface area contributed by atoms with Crippen LogP contribution in [0.5, 0.6) is 0 Å². The molecule has 1 aliphatic rings. The summed E-state index contributed by atoms with van der Waals surface area (Å²) in [6, 6.07) is 15.3. The Hall–Kier alpha value is -1.78. The molecule has 0 spiro atoms. The van der Waals surface area contributed by atoms with Gasteiger partial charge in [-0.1, -0.05) is 42.5 Å². The fraction of sp³-hybridized carbons (Fsp3) is 0.368. The highest BCUT2D eigenvalue weighted by Crippen LogP contribution is 2.26. The largest absolute Gasteiger partial charge is 0.310 e. The number of quaternary nitrogens is 1. The predicted molar refractivity (Wildman–Crippen MR) is 85.2 cm³/mol. The number of rotatable bonds is 3. The molecular formula is C19H22N+. The van der Waals surface area contributed by atoms with Crippen LogP contribution in [-0.2, 0) is 6.54 Å². The van der Waals surface area contributed by atoms with Crippen molar-refractivity contribution in [3.8, 4) is 12.3 Å². The molecule has 0 unspecified atom stereocenters. The predicted octanol–water partition coefficient (Wildman–Crippen LogP) is 3.97. The molecule has 1 heteroatoms. The van der Waals surface area contributed by atoms with Gasteiger partial charge in [0.05, 0.1) is 13.1 Å². The van der Waals surface area contributed by atoms with Gasteiger partial charge in [-0.25, -0.2) is 0 Å². The second kappa shape index (κ2) is 5.69. The zero-order valence-electron chi connectivity index (χ0n) is 12.0. The number of terminal acetylenes is 1. The average Bonchev–Trinajstić information content (AvgIpc) is 2.49. The summed E-state index contributed by atoms with van der Waals surface area (Å²) in [5.74, 6) is 2.92. The maximum absolute atomic E-state index is 5.65. The summed E-state index contributed by atoms with van der Waals surface area (Å²) >= 11 is 0. The van der Waals surface area contributed by atoms with Gasteiger partial charge in [0.1, 0.15) is 13.1 Å². The summed E-state index contributed by atoms with van der Waals surface area (Å²) < 4.78 is 1.07. The molecule has 0 radical (unpaired) electrons. The van der Waals surface area contributed by atoms with Gasteiger partial charge in [0.25, 0.3) is 0 Å². The molecule has 1 fully saturated rings. The first kappa shape index (κ1) is 13.2. The van der Waals surface area contributed by atoms with Crippen LogP contribution in [-0.4, -0.2) is 24.1 Å². The van der Waals surface area contributed by atoms with Gasteiger partial charge in [-0.05, 0) is 36.0 Å². The van der Waals surface area contributed by atoms with Gasteiger partial charge in [0, 0.05) is 5.56 Å². The number of nitrogens with zero attached hydrogens (tertiary/aromatic N) is 1. The number of piperidine rings is 1. The number of hydrogen-bond acceptors (Lipinski definition) is 0. The fourth-order valence-corrected chi connectivity index (χ4v) is 3.54. The van der Waals surface area contributed by atoms with E-state index < -0.39 is 0 Å². The van der Waals surface area contributed by atoms with Gasteiger partial charge >= 0.3 is 0 Å². The Morgan fingerprint density at radius 1 is 0.950 bits per heavy atom. The van der Waals surface area contributed by atoms with Gasteiger partial charge < -0.3 is 4.48 Å². The quantitative estimate of drug-likeness (QED) is 0.581. The molecule has 1 nitrogen and oxygen atoms in total. The van der Waals surface area contributed by atoms with E-state index in [9.17, 15) is 0 Å². The van der Waals surface area contributed by atoms with E-state index in [0.717, 1.165) is 17.6 Å². The second-order valence-electron chi connectivity index (χ2n) is 6.01. The Morgan fingerprint density at radius 3 is 2.50 bits per heavy atom. The highest BCUT2D eigenvalue weighted by atomic mass is 15.3. The molecule has 3 rings (SSSR count). The summed E-state index contributed by atoms with van der Waals surface area (Å²) in [6.07, 6.45) is 9.63. The number of likely N-dealkylation sites (tertiary alicyclic amines) is 1. The molecular weight excluding hydrogens is 242 g/mol. The van der Waals surface area contributed by atoms with Gasteiger partial charge in [-0.2, -0.15) is 0 Å². The SMILES string of the molecule is C#CC[N+]1(Cc2cccc3ccccc23)CCCCC1. The molecule has 1 aliphatic heterocycles. The lowest BCUT2D eigenvalue weighted by atomic mass is 10.0. The van der Waals surface area contributed by atoms with E-state index in [2.05, 4.69) is 48.4 Å². The van der Waals surface area contributed by atoms with Crippen molar-refractivity contribution in [2.24, 2.45) is 0 Å². The van der Waals surface area contributed by atoms with Crippen molar-refractivity contribution >= 4 is 10.8 Å². The van der Waals surface area contributed by atoms with Gasteiger partial charge in [0.2, 0.25) is 0 Å². The van der Waals surface area contributed by atoms with E-state index >= 15 is 0 Å². The minimum Gasteiger partial charge on any atom is -0.310 e. The van der Waals surface area contributed by atoms with E-state index in [4.69, 9.17) is 6.42 Å². The number of fused-ring (bicyclic) bond motifs is 1. The lowest BCUT2D eigenvalue weighted by Gasteiger charge is -2.40. The standard InChI is InChI=1S/C19H22N/c1-2-13-20(14-6-3-7-15-20)16-18-11-8-10-17-9-4-5-12-19(17)18/h1,4-5,8-12H,3,6-7,13-16H2/q+1. The zero-order chi connectivity index (χ0) is 13.8. The van der Waals surface area contributed by atoms with Crippen LogP contribution in [0.2, 0.25) is 0 Å². The molecule has 0 amide bonds. The molecule has 2 aromatic carbocycles. The normalized spacial score (nSPS) is 17.8. The van der Waals surface area contributed by atoms with Crippen LogP contribution in [0.15, 0.2) is 42.5 Å². The minimum absolute atomic E-state index is 0.864. The Labute approximate surface area is 121 Å². The van der Waals surface area contributed by atoms with Crippen molar-refractivity contribution < 1.29 is 4.48 Å². The Kier molecular flexibility index (Phi) is 3.76. The summed E-state index contributed by atoms with van der Waals surface area (Å²) in [7, 11) is 0. The van der Waals surface area contributed by atoms with E-state index in [0.29, 0.717) is 0 Å². The number of benzene rings is 2. The Balaban J connectivity index is 1.96. The van der Waals surface area contributed by atoms with Crippen LogP contribution >= 0.6 is 0 Å². The molecule has 2 aromatic rings. The molecule has 1 heterocycles. The summed E-state index contributed by atoms with van der Waals surface area (Å²) in [5.41, 5.74) is 1.44. The third-order valence-electron chi connectivity index (χ3n) is 4.58. The Bertz CT molecular complexity index is 624. The van der Waals surface area contributed by atoms with Crippen LogP contribution < -0.4 is 0 Å². The fourth-order valence-electron chi connectivity index (χ4n) is 3.54. The smallest absolute Gasteiger partial charge is 0.140 e. The summed E-state index contributed by atoms with van der Waals surface area (Å²) in [4.78, 5) is 0. The maximum Gasteiger partial charge on any atom is 0.140 e. The monoisotopic (exact) mass is 264 g/mol. The van der Waals surface area contributed by atoms with E-state index in [1.807, 2.05) is 0 Å². The van der Waals surface area contributed by atoms with Gasteiger partial charge in [0.15, 0.2) is 0 Å². The van der Waals surface area contributed by atoms with Crippen molar-refractivity contribution in [1.82, 2.24) is 0 Å². The molecule has 20 heavy (non-hydrogen) atoms. The molecule has 0 aliphatic carbocycles. The van der Waals surface area contributed by atoms with Crippen LogP contribution in [0.25, 0.3) is 10.8 Å². The second-order valence-corrected chi connectivity index (χ2v) is 6.01. The van der Waals surface area contributed by atoms with Crippen molar-refractivity contribution in [3.05, 3.63) is 48.0 Å². The average molecular weight is 264 g/mol. The van der Waals surface area contributed by atoms with Gasteiger partial charge in [-0.15, -0.1) is 6.42 Å². The van der Waals surface area contributed by atoms with Crippen molar-refractivity contribution in [2.45, 2.75) is 25.8 Å². The molecule has 0 saturated carbocycles. The third-order valence-corrected chi connectivity index (χ3v) is 4.58. The van der Waals surface area contributed by atoms with Crippen LogP contribution in [0.4, 0.5) is 0 Å². The first-order chi connectivity index (χ1) is 9.83. The molecule has 1 saturated heterocycles. The summed E-state index contributed by atoms with van der Waals surface area (Å²) in [5, 5.41) is 2.72. The van der Waals surface area contributed by atoms with Crippen LogP contribution in [0.1, 0.15) is 24.8 Å². The Morgan fingerprint density at radius 2 is 1.70 bits per heavy atom. The molecule has 0 N–H and O–H groups in total. The molecule has 0 bridgehead atoms. The van der Waals surface area contributed by atoms with E-state index in [1.54, 1.807) is 0 Å².